The standard InChI is InChI=1S/C20H27N5O4/c1-13-8-14(2)25(23-13)7-6-24(3)20(26)17-9-15(21-22-17)11-27-16-4-5-18-19(10-16)29-12-28-18/h4-5,8,10,15,17,21-22H,6-7,9,11-12H2,1-3H3. The summed E-state index contributed by atoms with van der Waals surface area (Å²) >= 11 is 0. The number of aromatic nitrogens is 2. The van der Waals surface area contributed by atoms with Gasteiger partial charge in [0.2, 0.25) is 12.7 Å². The number of rotatable bonds is 7. The number of nitrogens with one attached hydrogen (secondary N) is 2. The van der Waals surface area contributed by atoms with Crippen molar-refractivity contribution in [2.24, 2.45) is 0 Å². The van der Waals surface area contributed by atoms with Crippen molar-refractivity contribution in [3.8, 4) is 17.2 Å². The highest BCUT2D eigenvalue weighted by molar-refractivity contribution is 5.81. The molecular weight excluding hydrogens is 374 g/mol. The maximum Gasteiger partial charge on any atom is 0.240 e. The van der Waals surface area contributed by atoms with Gasteiger partial charge in [-0.1, -0.05) is 0 Å². The van der Waals surface area contributed by atoms with E-state index < -0.39 is 0 Å². The van der Waals surface area contributed by atoms with E-state index in [9.17, 15) is 4.79 Å². The highest BCUT2D eigenvalue weighted by Gasteiger charge is 2.31. The highest BCUT2D eigenvalue weighted by Crippen LogP contribution is 2.35. The number of aryl methyl sites for hydroxylation is 2. The van der Waals surface area contributed by atoms with Crippen LogP contribution in [0.2, 0.25) is 0 Å². The number of ether oxygens (including phenoxy) is 3. The normalized spacial score (nSPS) is 20.1. The molecule has 0 spiro atoms. The van der Waals surface area contributed by atoms with Gasteiger partial charge in [0, 0.05) is 25.4 Å². The zero-order valence-corrected chi connectivity index (χ0v) is 17.0. The molecule has 1 saturated heterocycles. The molecule has 1 amide bonds. The molecule has 0 bridgehead atoms. The van der Waals surface area contributed by atoms with Crippen LogP contribution in [0, 0.1) is 13.8 Å². The molecule has 2 aliphatic heterocycles. The van der Waals surface area contributed by atoms with E-state index in [4.69, 9.17) is 14.2 Å². The van der Waals surface area contributed by atoms with Gasteiger partial charge in [0.15, 0.2) is 11.5 Å². The Morgan fingerprint density at radius 2 is 2.10 bits per heavy atom. The van der Waals surface area contributed by atoms with Crippen molar-refractivity contribution in [1.29, 1.82) is 0 Å². The zero-order valence-electron chi connectivity index (χ0n) is 17.0. The Bertz CT molecular complexity index is 884. The number of hydrogen-bond acceptors (Lipinski definition) is 7. The van der Waals surface area contributed by atoms with E-state index in [-0.39, 0.29) is 24.8 Å². The number of benzene rings is 1. The van der Waals surface area contributed by atoms with E-state index in [2.05, 4.69) is 16.0 Å². The summed E-state index contributed by atoms with van der Waals surface area (Å²) in [7, 11) is 1.83. The molecule has 9 nitrogen and oxygen atoms in total. The maximum absolute atomic E-state index is 12.7. The van der Waals surface area contributed by atoms with Gasteiger partial charge in [0.05, 0.1) is 18.3 Å². The van der Waals surface area contributed by atoms with Crippen LogP contribution in [0.3, 0.4) is 0 Å². The summed E-state index contributed by atoms with van der Waals surface area (Å²) in [5, 5.41) is 4.44. The number of hydrogen-bond donors (Lipinski definition) is 2. The van der Waals surface area contributed by atoms with Crippen LogP contribution in [0.25, 0.3) is 0 Å². The first-order valence-corrected chi connectivity index (χ1v) is 9.79. The van der Waals surface area contributed by atoms with Gasteiger partial charge >= 0.3 is 0 Å². The van der Waals surface area contributed by atoms with E-state index in [1.807, 2.05) is 49.8 Å². The van der Waals surface area contributed by atoms with Crippen LogP contribution in [-0.2, 0) is 11.3 Å². The molecule has 29 heavy (non-hydrogen) atoms. The Kier molecular flexibility index (Phi) is 5.59. The molecular formula is C20H27N5O4. The number of nitrogens with zero attached hydrogens (tertiary/aromatic N) is 3. The Labute approximate surface area is 169 Å². The first-order valence-electron chi connectivity index (χ1n) is 9.79. The van der Waals surface area contributed by atoms with Crippen LogP contribution in [0.4, 0.5) is 0 Å². The van der Waals surface area contributed by atoms with Gasteiger partial charge in [-0.15, -0.1) is 0 Å². The number of carbonyl (C=O) groups is 1. The molecule has 1 aromatic carbocycles. The minimum absolute atomic E-state index is 0.0405. The molecule has 156 valence electrons. The number of amides is 1. The summed E-state index contributed by atoms with van der Waals surface area (Å²) in [6, 6.07) is 7.31. The Morgan fingerprint density at radius 3 is 2.90 bits per heavy atom. The summed E-state index contributed by atoms with van der Waals surface area (Å²) < 4.78 is 18.4. The van der Waals surface area contributed by atoms with Gasteiger partial charge in [-0.3, -0.25) is 14.9 Å². The monoisotopic (exact) mass is 401 g/mol. The van der Waals surface area contributed by atoms with E-state index >= 15 is 0 Å². The largest absolute Gasteiger partial charge is 0.492 e. The fraction of sp³-hybridized carbons (Fsp3) is 0.500. The maximum atomic E-state index is 12.7. The van der Waals surface area contributed by atoms with Crippen LogP contribution in [0.15, 0.2) is 24.3 Å². The van der Waals surface area contributed by atoms with Gasteiger partial charge in [-0.2, -0.15) is 5.10 Å². The van der Waals surface area contributed by atoms with Crippen LogP contribution >= 0.6 is 0 Å². The Balaban J connectivity index is 1.23. The summed E-state index contributed by atoms with van der Waals surface area (Å²) in [4.78, 5) is 14.5. The third-order valence-corrected chi connectivity index (χ3v) is 5.20. The molecule has 2 unspecified atom stereocenters. The van der Waals surface area contributed by atoms with Gasteiger partial charge in [0.1, 0.15) is 18.4 Å². The van der Waals surface area contributed by atoms with Crippen LogP contribution < -0.4 is 25.1 Å². The highest BCUT2D eigenvalue weighted by atomic mass is 16.7. The lowest BCUT2D eigenvalue weighted by Gasteiger charge is -2.21. The minimum Gasteiger partial charge on any atom is -0.492 e. The smallest absolute Gasteiger partial charge is 0.240 e. The van der Waals surface area contributed by atoms with E-state index in [0.717, 1.165) is 17.1 Å². The molecule has 9 heteroatoms. The van der Waals surface area contributed by atoms with Crippen LogP contribution in [-0.4, -0.2) is 59.7 Å². The van der Waals surface area contributed by atoms with Gasteiger partial charge < -0.3 is 19.1 Å². The van der Waals surface area contributed by atoms with Crippen molar-refractivity contribution in [2.75, 3.05) is 27.0 Å². The lowest BCUT2D eigenvalue weighted by Crippen LogP contribution is -2.45. The lowest BCUT2D eigenvalue weighted by atomic mass is 10.1. The van der Waals surface area contributed by atoms with Crippen LogP contribution in [0.1, 0.15) is 17.8 Å². The predicted octanol–water partition coefficient (Wildman–Crippen LogP) is 1.00. The third-order valence-electron chi connectivity index (χ3n) is 5.20. The lowest BCUT2D eigenvalue weighted by molar-refractivity contribution is -0.132. The molecule has 1 fully saturated rings. The average molecular weight is 401 g/mol. The summed E-state index contributed by atoms with van der Waals surface area (Å²) in [6.07, 6.45) is 0.660. The molecule has 2 aromatic rings. The predicted molar refractivity (Wildman–Crippen MR) is 106 cm³/mol. The van der Waals surface area contributed by atoms with Gasteiger partial charge in [-0.25, -0.2) is 5.43 Å². The Morgan fingerprint density at radius 1 is 1.28 bits per heavy atom. The fourth-order valence-electron chi connectivity index (χ4n) is 3.58. The first kappa shape index (κ1) is 19.5. The van der Waals surface area contributed by atoms with E-state index in [0.29, 0.717) is 37.6 Å². The number of carbonyl (C=O) groups excluding carboxylic acids is 1. The van der Waals surface area contributed by atoms with Crippen molar-refractivity contribution < 1.29 is 19.0 Å². The van der Waals surface area contributed by atoms with E-state index in [1.54, 1.807) is 4.90 Å². The van der Waals surface area contributed by atoms with Crippen molar-refractivity contribution >= 4 is 5.91 Å². The summed E-state index contributed by atoms with van der Waals surface area (Å²) in [5.74, 6) is 2.20. The molecule has 2 N–H and O–H groups in total. The van der Waals surface area contributed by atoms with Crippen molar-refractivity contribution in [3.63, 3.8) is 0 Å². The molecule has 4 rings (SSSR count). The van der Waals surface area contributed by atoms with Crippen molar-refractivity contribution in [2.45, 2.75) is 38.9 Å². The topological polar surface area (TPSA) is 89.9 Å². The van der Waals surface area contributed by atoms with Crippen molar-refractivity contribution in [1.82, 2.24) is 25.5 Å². The third kappa shape index (κ3) is 4.46. The molecule has 2 atom stereocenters. The van der Waals surface area contributed by atoms with Crippen molar-refractivity contribution in [3.05, 3.63) is 35.7 Å². The average Bonchev–Trinajstić information content (AvgIpc) is 3.43. The molecule has 0 aliphatic carbocycles. The molecule has 3 heterocycles. The number of hydrazine groups is 1. The number of likely N-dealkylation sites (N-methyl/N-ethyl adjacent to an activating group) is 1. The molecule has 0 saturated carbocycles. The van der Waals surface area contributed by atoms with Gasteiger partial charge in [-0.05, 0) is 38.5 Å². The molecule has 1 aromatic heterocycles. The number of fused-ring (bicyclic) bond motifs is 1. The second kappa shape index (κ2) is 8.30. The first-order chi connectivity index (χ1) is 14.0. The second-order valence-corrected chi connectivity index (χ2v) is 7.51. The zero-order chi connectivity index (χ0) is 20.4. The molecule has 0 radical (unpaired) electrons. The summed E-state index contributed by atoms with van der Waals surface area (Å²) in [6.45, 7) is 5.97. The van der Waals surface area contributed by atoms with E-state index in [1.165, 1.54) is 0 Å². The SMILES string of the molecule is Cc1cc(C)n(CCN(C)C(=O)C2CC(COc3ccc4c(c3)OCO4)NN2)n1. The van der Waals surface area contributed by atoms with Gasteiger partial charge in [0.25, 0.3) is 0 Å². The quantitative estimate of drug-likeness (QED) is 0.715. The second-order valence-electron chi connectivity index (χ2n) is 7.51. The minimum atomic E-state index is -0.272. The Hall–Kier alpha value is -2.78. The summed E-state index contributed by atoms with van der Waals surface area (Å²) in [5.41, 5.74) is 8.34. The fourth-order valence-corrected chi connectivity index (χ4v) is 3.58. The molecule has 2 aliphatic rings. The van der Waals surface area contributed by atoms with Crippen LogP contribution in [0.5, 0.6) is 17.2 Å².